The Kier molecular flexibility index (Phi) is 8.40. The van der Waals surface area contributed by atoms with E-state index in [2.05, 4.69) is 27.9 Å². The molecule has 2 N–H and O–H groups in total. The van der Waals surface area contributed by atoms with E-state index in [-0.39, 0.29) is 23.6 Å². The quantitative estimate of drug-likeness (QED) is 0.276. The molecule has 3 aromatic rings. The van der Waals surface area contributed by atoms with E-state index in [0.29, 0.717) is 29.5 Å². The molecule has 1 aliphatic rings. The van der Waals surface area contributed by atoms with Gasteiger partial charge in [-0.15, -0.1) is 0 Å². The second-order valence-corrected chi connectivity index (χ2v) is 11.9. The van der Waals surface area contributed by atoms with Gasteiger partial charge in [-0.05, 0) is 65.3 Å². The molecule has 1 heterocycles. The summed E-state index contributed by atoms with van der Waals surface area (Å²) >= 11 is 2.08. The number of nitrogens with one attached hydrogen (secondary N) is 1. The summed E-state index contributed by atoms with van der Waals surface area (Å²) in [5.74, 6) is -2.02. The molecule has 4 rings (SSSR count). The Bertz CT molecular complexity index is 1390. The van der Waals surface area contributed by atoms with Crippen LogP contribution in [0.15, 0.2) is 83.8 Å². The van der Waals surface area contributed by atoms with E-state index in [0.717, 1.165) is 7.88 Å². The molecule has 0 aliphatic carbocycles. The van der Waals surface area contributed by atoms with E-state index < -0.39 is 34.0 Å². The Morgan fingerprint density at radius 3 is 2.19 bits per heavy atom. The SMILES string of the molecule is O=C(c1ccccc1)c1ccc(C[C@H](NC(=O)[C@@H]2CCCN2S(=O)(=O)c2ccc(I)cc2)C(=O)O)cc1. The first-order valence-electron chi connectivity index (χ1n) is 11.7. The van der Waals surface area contributed by atoms with Crippen molar-refractivity contribution in [1.82, 2.24) is 9.62 Å². The van der Waals surface area contributed by atoms with E-state index in [9.17, 15) is 27.9 Å². The summed E-state index contributed by atoms with van der Waals surface area (Å²) in [6.07, 6.45) is 0.784. The van der Waals surface area contributed by atoms with Crippen molar-refractivity contribution in [2.75, 3.05) is 6.54 Å². The maximum absolute atomic E-state index is 13.2. The second kappa shape index (κ2) is 11.5. The Labute approximate surface area is 228 Å². The summed E-state index contributed by atoms with van der Waals surface area (Å²) in [4.78, 5) is 37.7. The van der Waals surface area contributed by atoms with Crippen molar-refractivity contribution >= 4 is 50.3 Å². The normalized spacial score (nSPS) is 16.7. The van der Waals surface area contributed by atoms with E-state index in [1.807, 2.05) is 6.07 Å². The Hall–Kier alpha value is -3.09. The van der Waals surface area contributed by atoms with Gasteiger partial charge in [0.05, 0.1) is 4.90 Å². The number of hydrogen-bond acceptors (Lipinski definition) is 5. The number of amides is 1. The van der Waals surface area contributed by atoms with Crippen LogP contribution in [0.3, 0.4) is 0 Å². The fraction of sp³-hybridized carbons (Fsp3) is 0.222. The molecule has 3 aromatic carbocycles. The molecule has 1 aliphatic heterocycles. The van der Waals surface area contributed by atoms with Gasteiger partial charge in [0.15, 0.2) is 5.78 Å². The maximum atomic E-state index is 13.2. The third-order valence-electron chi connectivity index (χ3n) is 6.23. The Morgan fingerprint density at radius 1 is 0.946 bits per heavy atom. The zero-order valence-electron chi connectivity index (χ0n) is 19.7. The van der Waals surface area contributed by atoms with E-state index in [1.54, 1.807) is 60.7 Å². The van der Waals surface area contributed by atoms with Gasteiger partial charge in [-0.25, -0.2) is 13.2 Å². The third kappa shape index (κ3) is 6.25. The van der Waals surface area contributed by atoms with Gasteiger partial charge in [0.1, 0.15) is 12.1 Å². The lowest BCUT2D eigenvalue weighted by Crippen LogP contribution is -2.51. The summed E-state index contributed by atoms with van der Waals surface area (Å²) in [5.41, 5.74) is 1.63. The number of ketones is 1. The minimum Gasteiger partial charge on any atom is -0.480 e. The summed E-state index contributed by atoms with van der Waals surface area (Å²) in [6.45, 7) is 0.182. The topological polar surface area (TPSA) is 121 Å². The molecule has 0 spiro atoms. The van der Waals surface area contributed by atoms with Gasteiger partial charge in [0.2, 0.25) is 15.9 Å². The minimum absolute atomic E-state index is 0.0164. The van der Waals surface area contributed by atoms with Crippen LogP contribution in [0.4, 0.5) is 0 Å². The molecule has 10 heteroatoms. The van der Waals surface area contributed by atoms with Gasteiger partial charge >= 0.3 is 5.97 Å². The van der Waals surface area contributed by atoms with Crippen LogP contribution in [0, 0.1) is 3.57 Å². The summed E-state index contributed by atoms with van der Waals surface area (Å²) in [6, 6.07) is 19.5. The van der Waals surface area contributed by atoms with Crippen LogP contribution in [0.1, 0.15) is 34.3 Å². The molecular weight excluding hydrogens is 607 g/mol. The van der Waals surface area contributed by atoms with Crippen LogP contribution >= 0.6 is 22.6 Å². The molecule has 0 bridgehead atoms. The number of halogens is 1. The lowest BCUT2D eigenvalue weighted by Gasteiger charge is -2.25. The fourth-order valence-corrected chi connectivity index (χ4v) is 6.30. The van der Waals surface area contributed by atoms with Gasteiger partial charge < -0.3 is 10.4 Å². The first-order valence-corrected chi connectivity index (χ1v) is 14.2. The molecule has 37 heavy (non-hydrogen) atoms. The van der Waals surface area contributed by atoms with Crippen LogP contribution in [-0.2, 0) is 26.0 Å². The van der Waals surface area contributed by atoms with Crippen molar-refractivity contribution < 1.29 is 27.9 Å². The largest absolute Gasteiger partial charge is 0.480 e. The lowest BCUT2D eigenvalue weighted by molar-refractivity contribution is -0.142. The zero-order valence-corrected chi connectivity index (χ0v) is 22.7. The van der Waals surface area contributed by atoms with Crippen molar-refractivity contribution in [3.05, 3.63) is 99.1 Å². The zero-order chi connectivity index (χ0) is 26.6. The third-order valence-corrected chi connectivity index (χ3v) is 8.87. The predicted octanol–water partition coefficient (Wildman–Crippen LogP) is 3.49. The van der Waals surface area contributed by atoms with E-state index >= 15 is 0 Å². The van der Waals surface area contributed by atoms with Gasteiger partial charge in [-0.3, -0.25) is 9.59 Å². The molecule has 192 valence electrons. The first kappa shape index (κ1) is 27.0. The number of benzene rings is 3. The highest BCUT2D eigenvalue weighted by molar-refractivity contribution is 14.1. The number of rotatable bonds is 9. The molecule has 0 radical (unpaired) electrons. The smallest absolute Gasteiger partial charge is 0.326 e. The highest BCUT2D eigenvalue weighted by atomic mass is 127. The summed E-state index contributed by atoms with van der Waals surface area (Å²) < 4.78 is 28.4. The van der Waals surface area contributed by atoms with Gasteiger partial charge in [-0.1, -0.05) is 54.6 Å². The van der Waals surface area contributed by atoms with Gasteiger partial charge in [-0.2, -0.15) is 4.31 Å². The molecule has 0 unspecified atom stereocenters. The van der Waals surface area contributed by atoms with Crippen LogP contribution in [0.25, 0.3) is 0 Å². The van der Waals surface area contributed by atoms with Crippen molar-refractivity contribution in [2.24, 2.45) is 0 Å². The Balaban J connectivity index is 1.45. The number of carbonyl (C=O) groups is 3. The highest BCUT2D eigenvalue weighted by Gasteiger charge is 2.40. The van der Waals surface area contributed by atoms with Crippen LogP contribution in [0.5, 0.6) is 0 Å². The maximum Gasteiger partial charge on any atom is 0.326 e. The number of aliphatic carboxylic acids is 1. The van der Waals surface area contributed by atoms with Crippen molar-refractivity contribution in [2.45, 2.75) is 36.2 Å². The van der Waals surface area contributed by atoms with Gasteiger partial charge in [0, 0.05) is 27.7 Å². The van der Waals surface area contributed by atoms with Crippen LogP contribution in [-0.4, -0.2) is 54.1 Å². The van der Waals surface area contributed by atoms with E-state index in [4.69, 9.17) is 0 Å². The minimum atomic E-state index is -3.91. The second-order valence-electron chi connectivity index (χ2n) is 8.72. The monoisotopic (exact) mass is 632 g/mol. The van der Waals surface area contributed by atoms with Crippen molar-refractivity contribution in [3.8, 4) is 0 Å². The highest BCUT2D eigenvalue weighted by Crippen LogP contribution is 2.27. The standard InChI is InChI=1S/C27H25IN2O6S/c28-21-12-14-22(15-13-21)37(35,36)30-16-4-7-24(30)26(32)29-23(27(33)34)17-18-8-10-20(11-9-18)25(31)19-5-2-1-3-6-19/h1-3,5-6,8-15,23-24H,4,7,16-17H2,(H,29,32)(H,33,34)/t23-,24-/m0/s1. The first-order chi connectivity index (χ1) is 17.7. The number of carbonyl (C=O) groups excluding carboxylic acids is 2. The fourth-order valence-electron chi connectivity index (χ4n) is 4.28. The number of hydrogen-bond donors (Lipinski definition) is 2. The average Bonchev–Trinajstić information content (AvgIpc) is 3.40. The molecule has 0 aromatic heterocycles. The number of nitrogens with zero attached hydrogens (tertiary/aromatic N) is 1. The number of carboxylic acids is 1. The molecule has 1 saturated heterocycles. The van der Waals surface area contributed by atoms with E-state index in [1.165, 1.54) is 12.1 Å². The number of sulfonamides is 1. The molecule has 2 atom stereocenters. The van der Waals surface area contributed by atoms with Crippen molar-refractivity contribution in [3.63, 3.8) is 0 Å². The van der Waals surface area contributed by atoms with Crippen LogP contribution in [0.2, 0.25) is 0 Å². The lowest BCUT2D eigenvalue weighted by atomic mass is 9.99. The Morgan fingerprint density at radius 2 is 1.57 bits per heavy atom. The van der Waals surface area contributed by atoms with Gasteiger partial charge in [0.25, 0.3) is 0 Å². The summed E-state index contributed by atoms with van der Waals surface area (Å²) in [7, 11) is -3.91. The molecule has 0 saturated carbocycles. The molecule has 8 nitrogen and oxygen atoms in total. The molecule has 1 amide bonds. The number of carboxylic acid groups (broad SMARTS) is 1. The van der Waals surface area contributed by atoms with Crippen molar-refractivity contribution in [1.29, 1.82) is 0 Å². The van der Waals surface area contributed by atoms with Crippen LogP contribution < -0.4 is 5.32 Å². The predicted molar refractivity (Wildman–Crippen MR) is 146 cm³/mol. The molecular formula is C27H25IN2O6S. The molecule has 1 fully saturated rings. The summed E-state index contributed by atoms with van der Waals surface area (Å²) in [5, 5.41) is 12.3. The average molecular weight is 632 g/mol.